The van der Waals surface area contributed by atoms with Gasteiger partial charge in [-0.05, 0) is 55.7 Å². The van der Waals surface area contributed by atoms with Crippen molar-refractivity contribution in [1.29, 1.82) is 0 Å². The quantitative estimate of drug-likeness (QED) is 0.791. The average Bonchev–Trinajstić information content (AvgIpc) is 2.45. The number of thioether (sulfide) groups is 1. The molecular weight excluding hydrogens is 274 g/mol. The largest absolute Gasteiger partial charge is 0.313 e. The molecule has 0 heterocycles. The Morgan fingerprint density at radius 1 is 1.19 bits per heavy atom. The van der Waals surface area contributed by atoms with Crippen LogP contribution in [0.1, 0.15) is 51.2 Å². The van der Waals surface area contributed by atoms with Crippen LogP contribution < -0.4 is 5.32 Å². The van der Waals surface area contributed by atoms with E-state index in [0.29, 0.717) is 6.04 Å². The van der Waals surface area contributed by atoms with Gasteiger partial charge in [-0.15, -0.1) is 0 Å². The van der Waals surface area contributed by atoms with E-state index in [4.69, 9.17) is 0 Å². The van der Waals surface area contributed by atoms with E-state index >= 15 is 0 Å². The summed E-state index contributed by atoms with van der Waals surface area (Å²) in [6.45, 7) is 10.5. The van der Waals surface area contributed by atoms with Crippen LogP contribution in [0.25, 0.3) is 0 Å². The number of hydrogen-bond acceptors (Lipinski definition) is 2. The van der Waals surface area contributed by atoms with E-state index in [-0.39, 0.29) is 0 Å². The van der Waals surface area contributed by atoms with Gasteiger partial charge in [-0.1, -0.05) is 45.0 Å². The molecule has 4 unspecified atom stereocenters. The number of aryl methyl sites for hydroxylation is 1. The lowest BCUT2D eigenvalue weighted by atomic mass is 9.80. The Hall–Kier alpha value is -0.470. The molecule has 1 N–H and O–H groups in total. The van der Waals surface area contributed by atoms with E-state index in [1.54, 1.807) is 0 Å². The first kappa shape index (κ1) is 16.9. The molecule has 118 valence electrons. The second-order valence-electron chi connectivity index (χ2n) is 6.82. The van der Waals surface area contributed by atoms with Gasteiger partial charge in [0.05, 0.1) is 0 Å². The Bertz CT molecular complexity index is 431. The normalized spacial score (nSPS) is 29.5. The minimum Gasteiger partial charge on any atom is -0.313 e. The molecule has 0 spiro atoms. The third-order valence-electron chi connectivity index (χ3n) is 4.74. The molecule has 1 saturated carbocycles. The molecular formula is C19H31NS. The van der Waals surface area contributed by atoms with Gasteiger partial charge in [0.1, 0.15) is 0 Å². The number of rotatable bonds is 6. The van der Waals surface area contributed by atoms with Crippen LogP contribution in [0.2, 0.25) is 0 Å². The highest BCUT2D eigenvalue weighted by Crippen LogP contribution is 2.38. The minimum atomic E-state index is 0.692. The Balaban J connectivity index is 1.98. The standard InChI is InChI=1S/C19H31NS/c1-5-10-20-18-12-14(2)11-16(4)19(18)21-13-17-9-7-6-8-15(17)3/h6-9,14,16,18-20H,5,10-13H2,1-4H3. The number of hydrogen-bond donors (Lipinski definition) is 1. The molecule has 1 aromatic carbocycles. The zero-order valence-corrected chi connectivity index (χ0v) is 14.9. The molecule has 2 rings (SSSR count). The second kappa shape index (κ2) is 8.24. The van der Waals surface area contributed by atoms with Crippen molar-refractivity contribution in [3.63, 3.8) is 0 Å². The van der Waals surface area contributed by atoms with Crippen LogP contribution >= 0.6 is 11.8 Å². The minimum absolute atomic E-state index is 0.692. The number of benzene rings is 1. The van der Waals surface area contributed by atoms with Crippen molar-refractivity contribution in [3.8, 4) is 0 Å². The first-order valence-electron chi connectivity index (χ1n) is 8.51. The zero-order chi connectivity index (χ0) is 15.2. The van der Waals surface area contributed by atoms with Gasteiger partial charge < -0.3 is 5.32 Å². The molecule has 1 aliphatic rings. The maximum absolute atomic E-state index is 3.81. The van der Waals surface area contributed by atoms with Crippen molar-refractivity contribution in [2.45, 2.75) is 64.0 Å². The number of nitrogens with one attached hydrogen (secondary N) is 1. The molecule has 2 heteroatoms. The molecule has 0 radical (unpaired) electrons. The summed E-state index contributed by atoms with van der Waals surface area (Å²) in [5.41, 5.74) is 2.93. The van der Waals surface area contributed by atoms with Crippen molar-refractivity contribution in [2.75, 3.05) is 6.54 Å². The topological polar surface area (TPSA) is 12.0 Å². The molecule has 1 fully saturated rings. The summed E-state index contributed by atoms with van der Waals surface area (Å²) in [5.74, 6) is 2.84. The summed E-state index contributed by atoms with van der Waals surface area (Å²) < 4.78 is 0. The van der Waals surface area contributed by atoms with Crippen molar-refractivity contribution >= 4 is 11.8 Å². The van der Waals surface area contributed by atoms with E-state index < -0.39 is 0 Å². The molecule has 0 amide bonds. The molecule has 4 atom stereocenters. The maximum atomic E-state index is 3.81. The smallest absolute Gasteiger partial charge is 0.0230 e. The highest BCUT2D eigenvalue weighted by molar-refractivity contribution is 7.99. The van der Waals surface area contributed by atoms with Crippen LogP contribution in [-0.4, -0.2) is 17.8 Å². The molecule has 0 saturated heterocycles. The monoisotopic (exact) mass is 305 g/mol. The molecule has 1 aromatic rings. The summed E-state index contributed by atoms with van der Waals surface area (Å²) in [6, 6.07) is 9.52. The fourth-order valence-corrected chi connectivity index (χ4v) is 5.17. The van der Waals surface area contributed by atoms with E-state index in [2.05, 4.69) is 69.0 Å². The van der Waals surface area contributed by atoms with Crippen LogP contribution in [0.15, 0.2) is 24.3 Å². The van der Waals surface area contributed by atoms with Gasteiger partial charge in [-0.25, -0.2) is 0 Å². The van der Waals surface area contributed by atoms with E-state index in [0.717, 1.165) is 29.4 Å². The summed E-state index contributed by atoms with van der Waals surface area (Å²) in [7, 11) is 0. The third kappa shape index (κ3) is 4.75. The predicted molar refractivity (Wildman–Crippen MR) is 95.9 cm³/mol. The molecule has 21 heavy (non-hydrogen) atoms. The predicted octanol–water partition coefficient (Wildman–Crippen LogP) is 5.03. The van der Waals surface area contributed by atoms with Gasteiger partial charge in [-0.3, -0.25) is 0 Å². The van der Waals surface area contributed by atoms with E-state index in [1.807, 2.05) is 0 Å². The zero-order valence-electron chi connectivity index (χ0n) is 14.1. The summed E-state index contributed by atoms with van der Waals surface area (Å²) in [5, 5.41) is 4.57. The van der Waals surface area contributed by atoms with Gasteiger partial charge in [0.15, 0.2) is 0 Å². The second-order valence-corrected chi connectivity index (χ2v) is 7.98. The highest BCUT2D eigenvalue weighted by Gasteiger charge is 2.33. The van der Waals surface area contributed by atoms with Crippen LogP contribution in [0.5, 0.6) is 0 Å². The fraction of sp³-hybridized carbons (Fsp3) is 0.684. The molecule has 0 bridgehead atoms. The van der Waals surface area contributed by atoms with E-state index in [9.17, 15) is 0 Å². The molecule has 0 aliphatic heterocycles. The highest BCUT2D eigenvalue weighted by atomic mass is 32.2. The van der Waals surface area contributed by atoms with Gasteiger partial charge in [0, 0.05) is 17.0 Å². The van der Waals surface area contributed by atoms with Gasteiger partial charge >= 0.3 is 0 Å². The van der Waals surface area contributed by atoms with Crippen molar-refractivity contribution in [3.05, 3.63) is 35.4 Å². The lowest BCUT2D eigenvalue weighted by Gasteiger charge is -2.40. The van der Waals surface area contributed by atoms with Gasteiger partial charge in [-0.2, -0.15) is 11.8 Å². The first-order valence-corrected chi connectivity index (χ1v) is 9.56. The third-order valence-corrected chi connectivity index (χ3v) is 6.39. The van der Waals surface area contributed by atoms with Gasteiger partial charge in [0.25, 0.3) is 0 Å². The van der Waals surface area contributed by atoms with Crippen LogP contribution in [-0.2, 0) is 5.75 Å². The Kier molecular flexibility index (Phi) is 6.63. The maximum Gasteiger partial charge on any atom is 0.0230 e. The fourth-order valence-electron chi connectivity index (χ4n) is 3.60. The molecule has 1 nitrogen and oxygen atoms in total. The lowest BCUT2D eigenvalue weighted by molar-refractivity contribution is 0.249. The van der Waals surface area contributed by atoms with Crippen LogP contribution in [0.3, 0.4) is 0 Å². The summed E-state index contributed by atoms with van der Waals surface area (Å²) >= 11 is 2.17. The average molecular weight is 306 g/mol. The first-order chi connectivity index (χ1) is 10.1. The molecule has 1 aliphatic carbocycles. The van der Waals surface area contributed by atoms with Gasteiger partial charge in [0.2, 0.25) is 0 Å². The Morgan fingerprint density at radius 2 is 1.95 bits per heavy atom. The SMILES string of the molecule is CCCNC1CC(C)CC(C)C1SCc1ccccc1C. The summed E-state index contributed by atoms with van der Waals surface area (Å²) in [6.07, 6.45) is 3.96. The molecule has 0 aromatic heterocycles. The van der Waals surface area contributed by atoms with E-state index in [1.165, 1.54) is 30.4 Å². The van der Waals surface area contributed by atoms with Crippen molar-refractivity contribution in [2.24, 2.45) is 11.8 Å². The summed E-state index contributed by atoms with van der Waals surface area (Å²) in [4.78, 5) is 0. The van der Waals surface area contributed by atoms with Crippen LogP contribution in [0, 0.1) is 18.8 Å². The lowest BCUT2D eigenvalue weighted by Crippen LogP contribution is -2.46. The Labute approximate surface area is 135 Å². The van der Waals surface area contributed by atoms with Crippen molar-refractivity contribution < 1.29 is 0 Å². The van der Waals surface area contributed by atoms with Crippen LogP contribution in [0.4, 0.5) is 0 Å². The van der Waals surface area contributed by atoms with Crippen molar-refractivity contribution in [1.82, 2.24) is 5.32 Å². The Morgan fingerprint density at radius 3 is 2.67 bits per heavy atom.